The monoisotopic (exact) mass is 434 g/mol. The summed E-state index contributed by atoms with van der Waals surface area (Å²) in [7, 11) is 0. The van der Waals surface area contributed by atoms with Crippen LogP contribution in [-0.4, -0.2) is 54.4 Å². The summed E-state index contributed by atoms with van der Waals surface area (Å²) in [5, 5.41) is 0.839. The van der Waals surface area contributed by atoms with Gasteiger partial charge >= 0.3 is 0 Å². The summed E-state index contributed by atoms with van der Waals surface area (Å²) >= 11 is 12.2. The van der Waals surface area contributed by atoms with Crippen LogP contribution in [0.4, 0.5) is 0 Å². The molecule has 0 bridgehead atoms. The number of nitrogens with zero attached hydrogens (tertiary/aromatic N) is 2. The van der Waals surface area contributed by atoms with E-state index < -0.39 is 0 Å². The molecule has 0 radical (unpaired) electrons. The zero-order valence-electron chi connectivity index (χ0n) is 16.6. The van der Waals surface area contributed by atoms with Gasteiger partial charge in [0.1, 0.15) is 5.75 Å². The number of carbonyl (C=O) groups is 2. The van der Waals surface area contributed by atoms with Gasteiger partial charge in [-0.25, -0.2) is 0 Å². The molecule has 5 nitrogen and oxygen atoms in total. The lowest BCUT2D eigenvalue weighted by atomic mass is 10.1. The zero-order valence-corrected chi connectivity index (χ0v) is 18.1. The van der Waals surface area contributed by atoms with E-state index in [4.69, 9.17) is 27.9 Å². The second-order valence-corrected chi connectivity index (χ2v) is 8.05. The molecule has 154 valence electrons. The van der Waals surface area contributed by atoms with Crippen molar-refractivity contribution in [2.45, 2.75) is 20.3 Å². The van der Waals surface area contributed by atoms with Crippen molar-refractivity contribution in [3.63, 3.8) is 0 Å². The molecule has 0 spiro atoms. The molecule has 29 heavy (non-hydrogen) atoms. The largest absolute Gasteiger partial charge is 0.484 e. The van der Waals surface area contributed by atoms with Gasteiger partial charge in [-0.2, -0.15) is 0 Å². The third-order valence-corrected chi connectivity index (χ3v) is 5.54. The number of rotatable bonds is 4. The van der Waals surface area contributed by atoms with Gasteiger partial charge in [-0.15, -0.1) is 0 Å². The zero-order chi connectivity index (χ0) is 21.0. The Hall–Kier alpha value is -2.24. The summed E-state index contributed by atoms with van der Waals surface area (Å²) in [6, 6.07) is 10.7. The molecule has 1 heterocycles. The SMILES string of the molecule is Cc1ccc(OCC(=O)N2CCCN(C(=O)c3cc(Cl)ccc3Cl)CC2)c(C)c1. The molecule has 2 amide bonds. The average Bonchev–Trinajstić information content (AvgIpc) is 2.95. The number of hydrogen-bond donors (Lipinski definition) is 0. The lowest BCUT2D eigenvalue weighted by molar-refractivity contribution is -0.133. The Morgan fingerprint density at radius 1 is 0.966 bits per heavy atom. The summed E-state index contributed by atoms with van der Waals surface area (Å²) in [6.45, 7) is 6.01. The molecule has 0 unspecified atom stereocenters. The first-order chi connectivity index (χ1) is 13.8. The average molecular weight is 435 g/mol. The summed E-state index contributed by atoms with van der Waals surface area (Å²) in [5.74, 6) is 0.463. The van der Waals surface area contributed by atoms with Crippen LogP contribution >= 0.6 is 23.2 Å². The van der Waals surface area contributed by atoms with Crippen molar-refractivity contribution in [1.29, 1.82) is 0 Å². The normalized spacial score (nSPS) is 14.5. The van der Waals surface area contributed by atoms with Crippen LogP contribution in [0.15, 0.2) is 36.4 Å². The van der Waals surface area contributed by atoms with E-state index in [0.717, 1.165) is 11.1 Å². The highest BCUT2D eigenvalue weighted by atomic mass is 35.5. The van der Waals surface area contributed by atoms with Gasteiger partial charge in [-0.05, 0) is 50.1 Å². The number of amides is 2. The first kappa shape index (κ1) is 21.5. The Morgan fingerprint density at radius 2 is 1.69 bits per heavy atom. The first-order valence-electron chi connectivity index (χ1n) is 9.57. The maximum Gasteiger partial charge on any atom is 0.260 e. The standard InChI is InChI=1S/C22H24Cl2N2O3/c1-15-4-7-20(16(2)12-15)29-14-21(27)25-8-3-9-26(11-10-25)22(28)18-13-17(23)5-6-19(18)24/h4-7,12-13H,3,8-11,14H2,1-2H3. The van der Waals surface area contributed by atoms with E-state index in [2.05, 4.69) is 0 Å². The molecule has 2 aromatic carbocycles. The van der Waals surface area contributed by atoms with Crippen molar-refractivity contribution in [3.8, 4) is 5.75 Å². The molecular weight excluding hydrogens is 411 g/mol. The molecule has 1 aliphatic rings. The van der Waals surface area contributed by atoms with Crippen molar-refractivity contribution >= 4 is 35.0 Å². The van der Waals surface area contributed by atoms with Crippen LogP contribution in [0.1, 0.15) is 27.9 Å². The third kappa shape index (κ3) is 5.43. The number of ether oxygens (including phenoxy) is 1. The highest BCUT2D eigenvalue weighted by Gasteiger charge is 2.24. The Morgan fingerprint density at radius 3 is 2.45 bits per heavy atom. The van der Waals surface area contributed by atoms with E-state index in [1.54, 1.807) is 28.0 Å². The van der Waals surface area contributed by atoms with E-state index in [0.29, 0.717) is 54.0 Å². The van der Waals surface area contributed by atoms with Gasteiger partial charge in [0.15, 0.2) is 6.61 Å². The van der Waals surface area contributed by atoms with Gasteiger partial charge in [0.25, 0.3) is 11.8 Å². The number of benzene rings is 2. The number of halogens is 2. The van der Waals surface area contributed by atoms with Gasteiger partial charge in [0.05, 0.1) is 10.6 Å². The van der Waals surface area contributed by atoms with Crippen LogP contribution in [0, 0.1) is 13.8 Å². The molecule has 0 aliphatic carbocycles. The number of aryl methyl sites for hydroxylation is 2. The topological polar surface area (TPSA) is 49.9 Å². The molecule has 0 saturated carbocycles. The van der Waals surface area contributed by atoms with Gasteiger partial charge in [0.2, 0.25) is 0 Å². The fourth-order valence-electron chi connectivity index (χ4n) is 3.39. The summed E-state index contributed by atoms with van der Waals surface area (Å²) < 4.78 is 5.72. The Balaban J connectivity index is 1.58. The van der Waals surface area contributed by atoms with Crippen LogP contribution in [-0.2, 0) is 4.79 Å². The molecule has 7 heteroatoms. The minimum atomic E-state index is -0.168. The van der Waals surface area contributed by atoms with Crippen LogP contribution in [0.5, 0.6) is 5.75 Å². The minimum absolute atomic E-state index is 0.0159. The highest BCUT2D eigenvalue weighted by molar-refractivity contribution is 6.35. The van der Waals surface area contributed by atoms with Gasteiger partial charge in [-0.3, -0.25) is 9.59 Å². The van der Waals surface area contributed by atoms with E-state index in [-0.39, 0.29) is 18.4 Å². The van der Waals surface area contributed by atoms with Crippen molar-refractivity contribution in [2.24, 2.45) is 0 Å². The summed E-state index contributed by atoms with van der Waals surface area (Å²) in [4.78, 5) is 28.9. The smallest absolute Gasteiger partial charge is 0.260 e. The quantitative estimate of drug-likeness (QED) is 0.717. The van der Waals surface area contributed by atoms with Crippen LogP contribution < -0.4 is 4.74 Å². The fourth-order valence-corrected chi connectivity index (χ4v) is 3.76. The minimum Gasteiger partial charge on any atom is -0.484 e. The Bertz CT molecular complexity index is 917. The molecule has 1 saturated heterocycles. The molecule has 0 N–H and O–H groups in total. The van der Waals surface area contributed by atoms with Crippen molar-refractivity contribution < 1.29 is 14.3 Å². The molecule has 1 aliphatic heterocycles. The molecule has 0 atom stereocenters. The van der Waals surface area contributed by atoms with Gasteiger partial charge in [-0.1, -0.05) is 40.9 Å². The van der Waals surface area contributed by atoms with Crippen LogP contribution in [0.25, 0.3) is 0 Å². The van der Waals surface area contributed by atoms with E-state index in [1.807, 2.05) is 32.0 Å². The molecular formula is C22H24Cl2N2O3. The van der Waals surface area contributed by atoms with Crippen LogP contribution in [0.3, 0.4) is 0 Å². The lowest BCUT2D eigenvalue weighted by Gasteiger charge is -2.23. The second-order valence-electron chi connectivity index (χ2n) is 7.21. The first-order valence-corrected chi connectivity index (χ1v) is 10.3. The predicted molar refractivity (Wildman–Crippen MR) is 115 cm³/mol. The van der Waals surface area contributed by atoms with E-state index in [1.165, 1.54) is 0 Å². The van der Waals surface area contributed by atoms with E-state index in [9.17, 15) is 9.59 Å². The number of hydrogen-bond acceptors (Lipinski definition) is 3. The predicted octanol–water partition coefficient (Wildman–Crippen LogP) is 4.36. The lowest BCUT2D eigenvalue weighted by Crippen LogP contribution is -2.39. The molecule has 2 aromatic rings. The van der Waals surface area contributed by atoms with Crippen molar-refractivity contribution in [1.82, 2.24) is 9.80 Å². The molecule has 1 fully saturated rings. The third-order valence-electron chi connectivity index (χ3n) is 4.98. The Kier molecular flexibility index (Phi) is 7.04. The van der Waals surface area contributed by atoms with Crippen molar-refractivity contribution in [3.05, 3.63) is 63.1 Å². The highest BCUT2D eigenvalue weighted by Crippen LogP contribution is 2.23. The van der Waals surface area contributed by atoms with Gasteiger partial charge in [0, 0.05) is 31.2 Å². The number of carbonyl (C=O) groups excluding carboxylic acids is 2. The maximum absolute atomic E-state index is 12.8. The fraction of sp³-hybridized carbons (Fsp3) is 0.364. The maximum atomic E-state index is 12.8. The van der Waals surface area contributed by atoms with Gasteiger partial charge < -0.3 is 14.5 Å². The van der Waals surface area contributed by atoms with Crippen LogP contribution in [0.2, 0.25) is 10.0 Å². The summed E-state index contributed by atoms with van der Waals surface area (Å²) in [6.07, 6.45) is 0.694. The molecule has 0 aromatic heterocycles. The molecule has 3 rings (SSSR count). The van der Waals surface area contributed by atoms with Crippen molar-refractivity contribution in [2.75, 3.05) is 32.8 Å². The van der Waals surface area contributed by atoms with E-state index >= 15 is 0 Å². The Labute approximate surface area is 181 Å². The second kappa shape index (κ2) is 9.51. The summed E-state index contributed by atoms with van der Waals surface area (Å²) in [5.41, 5.74) is 2.54.